The molecule has 0 aromatic rings. The van der Waals surface area contributed by atoms with Crippen LogP contribution in [0.5, 0.6) is 0 Å². The zero-order valence-corrected chi connectivity index (χ0v) is 12.1. The molecule has 6 heteroatoms. The van der Waals surface area contributed by atoms with E-state index in [1.165, 1.54) is 0 Å². The minimum Gasteiger partial charge on any atom is -0.341 e. The molecular weight excluding hydrogens is 253 g/mol. The Morgan fingerprint density at radius 2 is 1.83 bits per heavy atom. The molecule has 0 fully saturated rings. The molecule has 3 N–H and O–H groups in total. The smallest absolute Gasteiger partial charge is 0.337 e. The number of nitrogens with one attached hydrogen (secondary N) is 1. The molecule has 0 radical (unpaired) electrons. The highest BCUT2D eigenvalue weighted by atomic mass is 31.2. The molecule has 0 aromatic heterocycles. The maximum atomic E-state index is 11.9. The highest BCUT2D eigenvalue weighted by molar-refractivity contribution is 7.53. The van der Waals surface area contributed by atoms with Gasteiger partial charge in [-0.05, 0) is 18.3 Å². The van der Waals surface area contributed by atoms with Crippen molar-refractivity contribution >= 4 is 13.5 Å². The summed E-state index contributed by atoms with van der Waals surface area (Å²) in [7, 11) is -4.46. The number of hydrogen-bond donors (Lipinski definition) is 3. The first-order valence-electron chi connectivity index (χ1n) is 5.91. The van der Waals surface area contributed by atoms with Crippen LogP contribution in [0.15, 0.2) is 0 Å². The molecule has 104 valence electrons. The minimum absolute atomic E-state index is 0.00965. The third-order valence-electron chi connectivity index (χ3n) is 2.55. The molecule has 1 amide bonds. The van der Waals surface area contributed by atoms with Crippen molar-refractivity contribution in [1.29, 1.82) is 0 Å². The molecule has 0 aliphatic carbocycles. The monoisotopic (exact) mass is 275 g/mol. The van der Waals surface area contributed by atoms with Gasteiger partial charge in [0.05, 0.1) is 6.04 Å². The number of rotatable bonds is 6. The van der Waals surface area contributed by atoms with Crippen LogP contribution in [-0.4, -0.2) is 27.4 Å². The Balaban J connectivity index is 4.89. The van der Waals surface area contributed by atoms with Gasteiger partial charge >= 0.3 is 7.60 Å². The van der Waals surface area contributed by atoms with Gasteiger partial charge in [-0.1, -0.05) is 33.6 Å². The van der Waals surface area contributed by atoms with Crippen LogP contribution in [0.2, 0.25) is 0 Å². The van der Waals surface area contributed by atoms with Gasteiger partial charge in [0.2, 0.25) is 5.91 Å². The average Bonchev–Trinajstić information content (AvgIpc) is 2.19. The van der Waals surface area contributed by atoms with Crippen LogP contribution in [0.4, 0.5) is 0 Å². The number of amides is 1. The van der Waals surface area contributed by atoms with Gasteiger partial charge in [-0.2, -0.15) is 0 Å². The summed E-state index contributed by atoms with van der Waals surface area (Å²) < 4.78 is 11.3. The van der Waals surface area contributed by atoms with Crippen molar-refractivity contribution in [3.8, 4) is 12.3 Å². The van der Waals surface area contributed by atoms with Crippen LogP contribution >= 0.6 is 7.60 Å². The van der Waals surface area contributed by atoms with E-state index in [4.69, 9.17) is 6.42 Å². The van der Waals surface area contributed by atoms with E-state index in [0.29, 0.717) is 0 Å². The maximum absolute atomic E-state index is 11.9. The lowest BCUT2D eigenvalue weighted by Gasteiger charge is -2.23. The Morgan fingerprint density at radius 3 is 2.11 bits per heavy atom. The Labute approximate surface area is 109 Å². The normalized spacial score (nSPS) is 15.3. The van der Waals surface area contributed by atoms with E-state index >= 15 is 0 Å². The Bertz CT molecular complexity index is 367. The molecule has 0 saturated heterocycles. The van der Waals surface area contributed by atoms with Gasteiger partial charge in [-0.3, -0.25) is 9.36 Å². The summed E-state index contributed by atoms with van der Waals surface area (Å²) in [4.78, 5) is 30.3. The zero-order chi connectivity index (χ0) is 14.5. The number of carbonyl (C=O) groups excluding carboxylic acids is 1. The molecule has 0 spiro atoms. The summed E-state index contributed by atoms with van der Waals surface area (Å²) in [5.74, 6) is 1.76. The van der Waals surface area contributed by atoms with Crippen molar-refractivity contribution in [2.24, 2.45) is 11.8 Å². The molecule has 0 bridgehead atoms. The molecule has 0 heterocycles. The van der Waals surface area contributed by atoms with Crippen LogP contribution in [0, 0.1) is 24.2 Å². The predicted octanol–water partition coefficient (Wildman–Crippen LogP) is 1.35. The standard InChI is InChI=1S/C12H22NO4P/c1-6-10(9(4)5)13-12(14)11(7-8(2)3)18(15,16)17/h1,8-11H,7H2,2-5H3,(H,13,14)(H2,15,16,17). The van der Waals surface area contributed by atoms with E-state index < -0.39 is 25.2 Å². The first-order chi connectivity index (χ1) is 8.09. The second kappa shape index (κ2) is 6.94. The van der Waals surface area contributed by atoms with Crippen LogP contribution < -0.4 is 5.32 Å². The van der Waals surface area contributed by atoms with Gasteiger partial charge in [0.1, 0.15) is 5.66 Å². The van der Waals surface area contributed by atoms with E-state index in [2.05, 4.69) is 11.2 Å². The van der Waals surface area contributed by atoms with Crippen LogP contribution in [-0.2, 0) is 9.36 Å². The van der Waals surface area contributed by atoms with Crippen molar-refractivity contribution in [3.05, 3.63) is 0 Å². The number of terminal acetylenes is 1. The molecule has 0 aliphatic heterocycles. The summed E-state index contributed by atoms with van der Waals surface area (Å²) in [5, 5.41) is 2.51. The van der Waals surface area contributed by atoms with Crippen LogP contribution in [0.3, 0.4) is 0 Å². The van der Waals surface area contributed by atoms with E-state index in [1.54, 1.807) is 13.8 Å². The minimum atomic E-state index is -4.46. The SMILES string of the molecule is C#CC(NC(=O)C(CC(C)C)P(=O)(O)O)C(C)C. The summed E-state index contributed by atoms with van der Waals surface area (Å²) in [5.41, 5.74) is -1.33. The summed E-state index contributed by atoms with van der Waals surface area (Å²) >= 11 is 0. The first-order valence-corrected chi connectivity index (χ1v) is 7.59. The van der Waals surface area contributed by atoms with E-state index in [1.807, 2.05) is 13.8 Å². The average molecular weight is 275 g/mol. The lowest BCUT2D eigenvalue weighted by atomic mass is 10.0. The highest BCUT2D eigenvalue weighted by Gasteiger charge is 2.36. The van der Waals surface area contributed by atoms with Gasteiger partial charge in [-0.25, -0.2) is 0 Å². The van der Waals surface area contributed by atoms with Crippen molar-refractivity contribution in [2.45, 2.75) is 45.8 Å². The summed E-state index contributed by atoms with van der Waals surface area (Å²) in [6.45, 7) is 7.27. The highest BCUT2D eigenvalue weighted by Crippen LogP contribution is 2.44. The van der Waals surface area contributed by atoms with E-state index in [-0.39, 0.29) is 18.3 Å². The summed E-state index contributed by atoms with van der Waals surface area (Å²) in [6, 6.07) is -0.515. The molecular formula is C12H22NO4P. The van der Waals surface area contributed by atoms with Crippen molar-refractivity contribution in [2.75, 3.05) is 0 Å². The topological polar surface area (TPSA) is 86.6 Å². The van der Waals surface area contributed by atoms with Crippen molar-refractivity contribution < 1.29 is 19.1 Å². The lowest BCUT2D eigenvalue weighted by molar-refractivity contribution is -0.121. The van der Waals surface area contributed by atoms with E-state index in [0.717, 1.165) is 0 Å². The Morgan fingerprint density at radius 1 is 1.33 bits per heavy atom. The van der Waals surface area contributed by atoms with Crippen LogP contribution in [0.1, 0.15) is 34.1 Å². The first kappa shape index (κ1) is 17.2. The zero-order valence-electron chi connectivity index (χ0n) is 11.3. The fourth-order valence-electron chi connectivity index (χ4n) is 1.49. The summed E-state index contributed by atoms with van der Waals surface area (Å²) in [6.07, 6.45) is 5.40. The molecule has 0 aromatic carbocycles. The molecule has 0 aliphatic rings. The molecule has 2 unspecified atom stereocenters. The Hall–Kier alpha value is -0.820. The number of carbonyl (C=O) groups is 1. The maximum Gasteiger partial charge on any atom is 0.337 e. The largest absolute Gasteiger partial charge is 0.341 e. The molecule has 0 rings (SSSR count). The van der Waals surface area contributed by atoms with Gasteiger partial charge in [0.15, 0.2) is 0 Å². The second-order valence-corrected chi connectivity index (χ2v) is 6.93. The van der Waals surface area contributed by atoms with Gasteiger partial charge in [0, 0.05) is 0 Å². The third-order valence-corrected chi connectivity index (χ3v) is 3.80. The lowest BCUT2D eigenvalue weighted by Crippen LogP contribution is -2.43. The van der Waals surface area contributed by atoms with Crippen molar-refractivity contribution in [1.82, 2.24) is 5.32 Å². The van der Waals surface area contributed by atoms with Gasteiger partial charge in [0.25, 0.3) is 0 Å². The molecule has 0 saturated carbocycles. The molecule has 2 atom stereocenters. The van der Waals surface area contributed by atoms with Gasteiger partial charge < -0.3 is 15.1 Å². The fourth-order valence-corrected chi connectivity index (χ4v) is 2.57. The molecule has 18 heavy (non-hydrogen) atoms. The quantitative estimate of drug-likeness (QED) is 0.504. The Kier molecular flexibility index (Phi) is 6.62. The van der Waals surface area contributed by atoms with Crippen molar-refractivity contribution in [3.63, 3.8) is 0 Å². The predicted molar refractivity (Wildman–Crippen MR) is 70.9 cm³/mol. The second-order valence-electron chi connectivity index (χ2n) is 5.13. The van der Waals surface area contributed by atoms with Gasteiger partial charge in [-0.15, -0.1) is 6.42 Å². The van der Waals surface area contributed by atoms with Crippen LogP contribution in [0.25, 0.3) is 0 Å². The number of hydrogen-bond acceptors (Lipinski definition) is 2. The van der Waals surface area contributed by atoms with E-state index in [9.17, 15) is 19.1 Å². The third kappa shape index (κ3) is 5.68. The fraction of sp³-hybridized carbons (Fsp3) is 0.750. The molecule has 5 nitrogen and oxygen atoms in total.